The molecular weight excluding hydrogens is 698 g/mol. The van der Waals surface area contributed by atoms with Crippen molar-refractivity contribution in [2.45, 2.75) is 41.0 Å². The second-order valence-electron chi connectivity index (χ2n) is 11.1. The third-order valence-electron chi connectivity index (χ3n) is 8.16. The molecule has 2 aliphatic rings. The van der Waals surface area contributed by atoms with Crippen molar-refractivity contribution in [1.82, 2.24) is 29.9 Å². The van der Waals surface area contributed by atoms with Crippen LogP contribution in [0.3, 0.4) is 0 Å². The van der Waals surface area contributed by atoms with E-state index in [4.69, 9.17) is 23.9 Å². The quantitative estimate of drug-likeness (QED) is 0.150. The number of hydrogen-bond donors (Lipinski definition) is 0. The summed E-state index contributed by atoms with van der Waals surface area (Å²) in [7, 11) is 1.57. The lowest BCUT2D eigenvalue weighted by Crippen LogP contribution is -2.59. The lowest BCUT2D eigenvalue weighted by atomic mass is 9.95. The van der Waals surface area contributed by atoms with E-state index in [1.165, 1.54) is 40.6 Å². The maximum absolute atomic E-state index is 14.2. The highest BCUT2D eigenvalue weighted by Crippen LogP contribution is 2.46. The average molecular weight is 723 g/mol. The van der Waals surface area contributed by atoms with Gasteiger partial charge in [0, 0.05) is 58.0 Å². The van der Waals surface area contributed by atoms with Crippen LogP contribution in [0, 0.1) is 17.5 Å². The zero-order chi connectivity index (χ0) is 33.5. The highest BCUT2D eigenvalue weighted by molar-refractivity contribution is 8.00. The van der Waals surface area contributed by atoms with Gasteiger partial charge in [0.15, 0.2) is 23.7 Å². The lowest BCUT2D eigenvalue weighted by Gasteiger charge is -2.48. The number of pyridine rings is 1. The zero-order valence-corrected chi connectivity index (χ0v) is 27.9. The largest absolute Gasteiger partial charge is 0.375 e. The number of rotatable bonds is 8. The van der Waals surface area contributed by atoms with Gasteiger partial charge in [-0.05, 0) is 18.2 Å². The molecule has 0 spiro atoms. The number of thioether (sulfide) groups is 1. The number of methoxy groups -OCH3 is 1. The Bertz CT molecular complexity index is 2030. The van der Waals surface area contributed by atoms with E-state index in [0.717, 1.165) is 38.2 Å². The first kappa shape index (κ1) is 32.2. The van der Waals surface area contributed by atoms with Crippen LogP contribution in [0.2, 0.25) is 0 Å². The number of fused-ring (bicyclic) bond motifs is 1. The van der Waals surface area contributed by atoms with Crippen molar-refractivity contribution in [3.05, 3.63) is 107 Å². The van der Waals surface area contributed by atoms with E-state index in [-0.39, 0.29) is 17.9 Å². The van der Waals surface area contributed by atoms with Gasteiger partial charge in [-0.1, -0.05) is 47.3 Å². The highest BCUT2D eigenvalue weighted by Gasteiger charge is 2.52. The van der Waals surface area contributed by atoms with E-state index in [1.54, 1.807) is 30.4 Å². The minimum absolute atomic E-state index is 0.0272. The first-order chi connectivity index (χ1) is 24.0. The van der Waals surface area contributed by atoms with E-state index < -0.39 is 53.5 Å². The Balaban J connectivity index is 1.18. The van der Waals surface area contributed by atoms with Crippen molar-refractivity contribution in [1.29, 1.82) is 0 Å². The van der Waals surface area contributed by atoms with Crippen LogP contribution in [0.1, 0.15) is 17.9 Å². The number of halogens is 3. The minimum Gasteiger partial charge on any atom is -0.375 e. The molecule has 0 aliphatic carbocycles. The van der Waals surface area contributed by atoms with Crippen LogP contribution in [0.4, 0.5) is 13.2 Å². The van der Waals surface area contributed by atoms with E-state index in [1.807, 2.05) is 47.2 Å². The van der Waals surface area contributed by atoms with E-state index in [9.17, 15) is 13.2 Å². The minimum atomic E-state index is -1.56. The molecule has 250 valence electrons. The van der Waals surface area contributed by atoms with Gasteiger partial charge in [-0.3, -0.25) is 4.98 Å². The van der Waals surface area contributed by atoms with Crippen molar-refractivity contribution < 1.29 is 32.1 Å². The van der Waals surface area contributed by atoms with Crippen molar-refractivity contribution in [3.8, 4) is 32.5 Å². The van der Waals surface area contributed by atoms with Crippen molar-refractivity contribution in [2.24, 2.45) is 0 Å². The molecule has 2 saturated heterocycles. The first-order valence-corrected chi connectivity index (χ1v) is 17.6. The van der Waals surface area contributed by atoms with Crippen LogP contribution in [-0.2, 0) is 18.9 Å². The summed E-state index contributed by atoms with van der Waals surface area (Å²) in [5.74, 6) is -4.22. The Morgan fingerprint density at radius 3 is 2.39 bits per heavy atom. The third-order valence-corrected chi connectivity index (χ3v) is 10.9. The zero-order valence-electron chi connectivity index (χ0n) is 25.4. The van der Waals surface area contributed by atoms with Crippen LogP contribution < -0.4 is 0 Å². The SMILES string of the molecule is CO[C@H]1C(n2cc(-c3cc(F)c(F)c(F)c3)nn2)[C@H]2OC(c3ccccc3)OCC2O[C@@H]1Sc1cc(-c2nccs2)cnc1-c1nccs1. The van der Waals surface area contributed by atoms with Crippen molar-refractivity contribution in [2.75, 3.05) is 13.7 Å². The molecule has 6 atom stereocenters. The number of thiazole rings is 2. The molecule has 10 nitrogen and oxygen atoms in total. The Kier molecular flexibility index (Phi) is 9.00. The summed E-state index contributed by atoms with van der Waals surface area (Å²) in [6.45, 7) is 0.195. The number of aromatic nitrogens is 6. The number of nitrogens with zero attached hydrogens (tertiary/aromatic N) is 6. The molecule has 3 unspecified atom stereocenters. The van der Waals surface area contributed by atoms with Crippen molar-refractivity contribution in [3.63, 3.8) is 0 Å². The van der Waals surface area contributed by atoms with Crippen LogP contribution in [0.25, 0.3) is 32.5 Å². The predicted molar refractivity (Wildman–Crippen MR) is 176 cm³/mol. The topological polar surface area (TPSA) is 106 Å². The maximum atomic E-state index is 14.2. The molecule has 8 rings (SSSR count). The summed E-state index contributed by atoms with van der Waals surface area (Å²) >= 11 is 4.39. The van der Waals surface area contributed by atoms with Gasteiger partial charge in [-0.2, -0.15) is 0 Å². The molecule has 2 aliphatic heterocycles. The summed E-state index contributed by atoms with van der Waals surface area (Å²) in [6.07, 6.45) is 4.18. The van der Waals surface area contributed by atoms with E-state index >= 15 is 0 Å². The Morgan fingerprint density at radius 1 is 0.918 bits per heavy atom. The monoisotopic (exact) mass is 722 g/mol. The normalized spacial score (nSPS) is 23.8. The van der Waals surface area contributed by atoms with Gasteiger partial charge in [-0.15, -0.1) is 27.8 Å². The van der Waals surface area contributed by atoms with Crippen molar-refractivity contribution >= 4 is 34.4 Å². The molecule has 16 heteroatoms. The van der Waals surface area contributed by atoms with Crippen LogP contribution >= 0.6 is 34.4 Å². The second-order valence-corrected chi connectivity index (χ2v) is 14.0. The Morgan fingerprint density at radius 2 is 1.67 bits per heavy atom. The Labute approximate surface area is 289 Å². The summed E-state index contributed by atoms with van der Waals surface area (Å²) in [5.41, 5.74) is 1.86. The van der Waals surface area contributed by atoms with Gasteiger partial charge in [-0.25, -0.2) is 27.8 Å². The summed E-state index contributed by atoms with van der Waals surface area (Å²) in [4.78, 5) is 14.5. The molecule has 2 aromatic carbocycles. The Hall–Kier alpha value is -4.03. The highest BCUT2D eigenvalue weighted by atomic mass is 32.2. The van der Waals surface area contributed by atoms with Gasteiger partial charge in [0.25, 0.3) is 0 Å². The van der Waals surface area contributed by atoms with Gasteiger partial charge in [0.1, 0.15) is 51.2 Å². The standard InChI is InChI=1S/C33H25F3N6O4S3/c1-43-29-27(42-15-22(40-41-42)18-11-20(34)25(36)21(35)12-18)28-23(16-44-32(46-28)17-5-3-2-4-6-17)45-33(29)49-24-13-19(30-37-7-9-47-30)14-39-26(24)31-38-8-10-48-31/h2-15,23,27-29,32-33H,16H2,1H3/t23?,27?,28-,29-,32?,33+/m0/s1. The molecule has 0 bridgehead atoms. The predicted octanol–water partition coefficient (Wildman–Crippen LogP) is 7.19. The molecule has 0 N–H and O–H groups in total. The first-order valence-electron chi connectivity index (χ1n) is 15.0. The van der Waals surface area contributed by atoms with Gasteiger partial charge >= 0.3 is 0 Å². The third kappa shape index (κ3) is 6.29. The molecule has 0 saturated carbocycles. The molecule has 4 aromatic heterocycles. The molecular formula is C33H25F3N6O4S3. The van der Waals surface area contributed by atoms with E-state index in [0.29, 0.717) is 5.69 Å². The van der Waals surface area contributed by atoms with Gasteiger partial charge in [0.2, 0.25) is 0 Å². The molecule has 0 amide bonds. The van der Waals surface area contributed by atoms with Gasteiger partial charge in [0.05, 0.1) is 12.8 Å². The number of ether oxygens (including phenoxy) is 4. The lowest BCUT2D eigenvalue weighted by molar-refractivity contribution is -0.308. The fraction of sp³-hybridized carbons (Fsp3) is 0.242. The average Bonchev–Trinajstić information content (AvgIpc) is 3.94. The summed E-state index contributed by atoms with van der Waals surface area (Å²) in [6, 6.07) is 12.6. The summed E-state index contributed by atoms with van der Waals surface area (Å²) in [5, 5.41) is 13.9. The fourth-order valence-electron chi connectivity index (χ4n) is 5.89. The molecule has 49 heavy (non-hydrogen) atoms. The van der Waals surface area contributed by atoms with Crippen LogP contribution in [0.15, 0.2) is 89.0 Å². The van der Waals surface area contributed by atoms with E-state index in [2.05, 4.69) is 20.3 Å². The molecule has 6 heterocycles. The van der Waals surface area contributed by atoms with Gasteiger partial charge < -0.3 is 18.9 Å². The molecule has 6 aromatic rings. The maximum Gasteiger partial charge on any atom is 0.194 e. The molecule has 2 fully saturated rings. The van der Waals surface area contributed by atoms with Crippen LogP contribution in [-0.4, -0.2) is 67.4 Å². The van der Waals surface area contributed by atoms with Crippen LogP contribution in [0.5, 0.6) is 0 Å². The summed E-state index contributed by atoms with van der Waals surface area (Å²) < 4.78 is 69.3. The second kappa shape index (κ2) is 13.7. The molecule has 0 radical (unpaired) electrons. The fourth-order valence-corrected chi connectivity index (χ4v) is 8.54. The smallest absolute Gasteiger partial charge is 0.194 e. The number of hydrogen-bond acceptors (Lipinski definition) is 12. The number of benzene rings is 2.